The maximum Gasteiger partial charge on any atom is 0.310 e. The van der Waals surface area contributed by atoms with E-state index in [2.05, 4.69) is 0 Å². The molecule has 1 heterocycles. The molecule has 3 aromatic rings. The Morgan fingerprint density at radius 2 is 1.80 bits per heavy atom. The molecule has 5 heteroatoms. The third-order valence-corrected chi connectivity index (χ3v) is 3.83. The second kappa shape index (κ2) is 7.75. The lowest BCUT2D eigenvalue weighted by Gasteiger charge is -2.07. The third-order valence-electron chi connectivity index (χ3n) is 3.83. The lowest BCUT2D eigenvalue weighted by Crippen LogP contribution is -2.13. The van der Waals surface area contributed by atoms with Crippen LogP contribution in [0.1, 0.15) is 11.1 Å². The Labute approximate surface area is 146 Å². The van der Waals surface area contributed by atoms with Crippen molar-refractivity contribution in [1.29, 1.82) is 0 Å². The Balaban J connectivity index is 1.48. The molecule has 0 aliphatic rings. The van der Waals surface area contributed by atoms with Crippen molar-refractivity contribution in [3.8, 4) is 11.5 Å². The van der Waals surface area contributed by atoms with Gasteiger partial charge in [-0.3, -0.25) is 4.79 Å². The Bertz CT molecular complexity index is 848. The molecule has 0 fully saturated rings. The summed E-state index contributed by atoms with van der Waals surface area (Å²) in [5.41, 5.74) is 2.65. The fraction of sp³-hybridized carbons (Fsp3) is 0.250. The summed E-state index contributed by atoms with van der Waals surface area (Å²) in [4.78, 5) is 12.0. The van der Waals surface area contributed by atoms with Gasteiger partial charge in [0.1, 0.15) is 30.3 Å². The van der Waals surface area contributed by atoms with E-state index in [-0.39, 0.29) is 19.0 Å². The van der Waals surface area contributed by atoms with Gasteiger partial charge < -0.3 is 18.6 Å². The predicted octanol–water partition coefficient (Wildman–Crippen LogP) is 3.91. The molecule has 1 aromatic heterocycles. The summed E-state index contributed by atoms with van der Waals surface area (Å²) in [6, 6.07) is 13.2. The Kier molecular flexibility index (Phi) is 5.23. The summed E-state index contributed by atoms with van der Waals surface area (Å²) in [6.45, 7) is 2.54. The van der Waals surface area contributed by atoms with Gasteiger partial charge in [-0.2, -0.15) is 0 Å². The molecular weight excluding hydrogens is 320 g/mol. The first-order valence-electron chi connectivity index (χ1n) is 8.05. The molecule has 130 valence electrons. The van der Waals surface area contributed by atoms with Crippen molar-refractivity contribution < 1.29 is 23.4 Å². The molecular formula is C20H20O5. The second-order valence-corrected chi connectivity index (χ2v) is 5.68. The van der Waals surface area contributed by atoms with Gasteiger partial charge >= 0.3 is 5.97 Å². The van der Waals surface area contributed by atoms with Crippen molar-refractivity contribution in [2.45, 2.75) is 13.3 Å². The Morgan fingerprint density at radius 3 is 2.56 bits per heavy atom. The molecule has 5 nitrogen and oxygen atoms in total. The monoisotopic (exact) mass is 340 g/mol. The van der Waals surface area contributed by atoms with Gasteiger partial charge in [-0.15, -0.1) is 0 Å². The highest BCUT2D eigenvalue weighted by atomic mass is 16.6. The minimum Gasteiger partial charge on any atom is -0.497 e. The lowest BCUT2D eigenvalue weighted by molar-refractivity contribution is -0.143. The molecule has 0 amide bonds. The van der Waals surface area contributed by atoms with Crippen LogP contribution in [0.25, 0.3) is 11.0 Å². The molecule has 0 unspecified atom stereocenters. The molecule has 0 saturated carbocycles. The SMILES string of the molecule is COc1ccc2c(CC(=O)OCCOc3ccc(C)cc3)coc2c1. The average Bonchev–Trinajstić information content (AvgIpc) is 3.02. The normalized spacial score (nSPS) is 10.6. The summed E-state index contributed by atoms with van der Waals surface area (Å²) in [5, 5.41) is 0.883. The zero-order valence-corrected chi connectivity index (χ0v) is 14.3. The molecule has 0 atom stereocenters. The summed E-state index contributed by atoms with van der Waals surface area (Å²) >= 11 is 0. The first-order valence-corrected chi connectivity index (χ1v) is 8.05. The third kappa shape index (κ3) is 4.32. The number of hydrogen-bond acceptors (Lipinski definition) is 5. The van der Waals surface area contributed by atoms with Crippen LogP contribution in [0.15, 0.2) is 53.1 Å². The van der Waals surface area contributed by atoms with E-state index >= 15 is 0 Å². The van der Waals surface area contributed by atoms with Crippen molar-refractivity contribution in [2.24, 2.45) is 0 Å². The lowest BCUT2D eigenvalue weighted by atomic mass is 10.1. The van der Waals surface area contributed by atoms with Gasteiger partial charge in [-0.25, -0.2) is 0 Å². The highest BCUT2D eigenvalue weighted by Crippen LogP contribution is 2.26. The van der Waals surface area contributed by atoms with Crippen LogP contribution < -0.4 is 9.47 Å². The van der Waals surface area contributed by atoms with E-state index in [1.807, 2.05) is 43.3 Å². The number of carbonyl (C=O) groups excluding carboxylic acids is 1. The first-order chi connectivity index (χ1) is 12.2. The molecule has 0 saturated heterocycles. The highest BCUT2D eigenvalue weighted by molar-refractivity contribution is 5.86. The number of benzene rings is 2. The van der Waals surface area contributed by atoms with Crippen LogP contribution in [0.2, 0.25) is 0 Å². The van der Waals surface area contributed by atoms with Crippen molar-refractivity contribution in [3.05, 3.63) is 59.9 Å². The van der Waals surface area contributed by atoms with Gasteiger partial charge in [0.2, 0.25) is 0 Å². The number of esters is 1. The van der Waals surface area contributed by atoms with Crippen LogP contribution in [-0.2, 0) is 16.0 Å². The van der Waals surface area contributed by atoms with E-state index in [4.69, 9.17) is 18.6 Å². The number of ether oxygens (including phenoxy) is 3. The van der Waals surface area contributed by atoms with Crippen molar-refractivity contribution in [3.63, 3.8) is 0 Å². The number of aryl methyl sites for hydroxylation is 1. The van der Waals surface area contributed by atoms with Crippen LogP contribution in [0.4, 0.5) is 0 Å². The first kappa shape index (κ1) is 16.9. The van der Waals surface area contributed by atoms with Crippen molar-refractivity contribution >= 4 is 16.9 Å². The fourth-order valence-corrected chi connectivity index (χ4v) is 2.48. The van der Waals surface area contributed by atoms with Gasteiger partial charge in [-0.1, -0.05) is 17.7 Å². The van der Waals surface area contributed by atoms with E-state index in [0.717, 1.165) is 16.7 Å². The van der Waals surface area contributed by atoms with E-state index in [0.29, 0.717) is 17.9 Å². The number of rotatable bonds is 7. The van der Waals surface area contributed by atoms with Crippen molar-refractivity contribution in [2.75, 3.05) is 20.3 Å². The van der Waals surface area contributed by atoms with Crippen LogP contribution >= 0.6 is 0 Å². The molecule has 25 heavy (non-hydrogen) atoms. The summed E-state index contributed by atoms with van der Waals surface area (Å²) in [6.07, 6.45) is 1.73. The average molecular weight is 340 g/mol. The van der Waals surface area contributed by atoms with Crippen molar-refractivity contribution in [1.82, 2.24) is 0 Å². The Morgan fingerprint density at radius 1 is 1.04 bits per heavy atom. The van der Waals surface area contributed by atoms with Crippen LogP contribution in [0.5, 0.6) is 11.5 Å². The molecule has 0 aliphatic heterocycles. The maximum absolute atomic E-state index is 12.0. The fourth-order valence-electron chi connectivity index (χ4n) is 2.48. The Hall–Kier alpha value is -2.95. The van der Waals surface area contributed by atoms with E-state index < -0.39 is 0 Å². The molecule has 0 N–H and O–H groups in total. The number of furan rings is 1. The minimum atomic E-state index is -0.314. The van der Waals surface area contributed by atoms with Gasteiger partial charge in [0.15, 0.2) is 0 Å². The zero-order valence-electron chi connectivity index (χ0n) is 14.3. The molecule has 3 rings (SSSR count). The molecule has 0 radical (unpaired) electrons. The van der Waals surface area contributed by atoms with Crippen LogP contribution in [-0.4, -0.2) is 26.3 Å². The minimum absolute atomic E-state index is 0.157. The van der Waals surface area contributed by atoms with Gasteiger partial charge in [-0.05, 0) is 31.2 Å². The molecule has 0 bridgehead atoms. The molecule has 0 spiro atoms. The number of hydrogen-bond donors (Lipinski definition) is 0. The molecule has 0 aliphatic carbocycles. The summed E-state index contributed by atoms with van der Waals surface area (Å²) < 4.78 is 21.4. The van der Waals surface area contributed by atoms with Gasteiger partial charge in [0, 0.05) is 17.0 Å². The predicted molar refractivity (Wildman–Crippen MR) is 94.1 cm³/mol. The summed E-state index contributed by atoms with van der Waals surface area (Å²) in [5.74, 6) is 1.16. The number of carbonyl (C=O) groups is 1. The van der Waals surface area contributed by atoms with E-state index in [9.17, 15) is 4.79 Å². The van der Waals surface area contributed by atoms with Crippen LogP contribution in [0, 0.1) is 6.92 Å². The smallest absolute Gasteiger partial charge is 0.310 e. The van der Waals surface area contributed by atoms with Gasteiger partial charge in [0.25, 0.3) is 0 Å². The van der Waals surface area contributed by atoms with E-state index in [1.54, 1.807) is 19.4 Å². The van der Waals surface area contributed by atoms with Gasteiger partial charge in [0.05, 0.1) is 19.8 Å². The zero-order chi connectivity index (χ0) is 17.6. The number of methoxy groups -OCH3 is 1. The largest absolute Gasteiger partial charge is 0.497 e. The summed E-state index contributed by atoms with van der Waals surface area (Å²) in [7, 11) is 1.60. The molecule has 2 aromatic carbocycles. The topological polar surface area (TPSA) is 57.9 Å². The van der Waals surface area contributed by atoms with E-state index in [1.165, 1.54) is 5.56 Å². The maximum atomic E-state index is 12.0. The quantitative estimate of drug-likeness (QED) is 0.482. The highest BCUT2D eigenvalue weighted by Gasteiger charge is 2.12. The second-order valence-electron chi connectivity index (χ2n) is 5.68. The standard InChI is InChI=1S/C20H20O5/c1-14-3-5-16(6-4-14)23-9-10-24-20(21)11-15-13-25-19-12-17(22-2)7-8-18(15)19/h3-8,12-13H,9-11H2,1-2H3. The number of fused-ring (bicyclic) bond motifs is 1. The van der Waals surface area contributed by atoms with Crippen LogP contribution in [0.3, 0.4) is 0 Å².